The third-order valence-corrected chi connectivity index (χ3v) is 7.67. The molecule has 1 nitrogen and oxygen atoms in total. The Kier molecular flexibility index (Phi) is 2.28. The fourth-order valence-corrected chi connectivity index (χ4v) is 6.09. The van der Waals surface area contributed by atoms with Crippen molar-refractivity contribution in [1.82, 2.24) is 0 Å². The van der Waals surface area contributed by atoms with Crippen molar-refractivity contribution in [3.05, 3.63) is 34.6 Å². The molecule has 1 aliphatic carbocycles. The van der Waals surface area contributed by atoms with Gasteiger partial charge in [-0.3, -0.25) is 0 Å². The van der Waals surface area contributed by atoms with Gasteiger partial charge in [-0.05, 0) is 72.3 Å². The number of aryl methyl sites for hydroxylation is 1. The van der Waals surface area contributed by atoms with Crippen LogP contribution in [0.5, 0.6) is 5.75 Å². The minimum absolute atomic E-state index is 0.386. The van der Waals surface area contributed by atoms with E-state index in [0.29, 0.717) is 5.75 Å². The monoisotopic (exact) mass is 250 g/mol. The highest BCUT2D eigenvalue weighted by Gasteiger charge is 2.31. The first kappa shape index (κ1) is 10.6. The van der Waals surface area contributed by atoms with Gasteiger partial charge in [0.25, 0.3) is 0 Å². The molecule has 16 heavy (non-hydrogen) atoms. The summed E-state index contributed by atoms with van der Waals surface area (Å²) in [5.74, 6) is 0.386. The highest BCUT2D eigenvalue weighted by Crippen LogP contribution is 2.63. The number of phenols is 1. The Morgan fingerprint density at radius 1 is 1.25 bits per heavy atom. The van der Waals surface area contributed by atoms with Crippen LogP contribution in [-0.4, -0.2) is 17.9 Å². The third-order valence-electron chi connectivity index (χ3n) is 3.75. The lowest BCUT2D eigenvalue weighted by Gasteiger charge is -2.22. The Morgan fingerprint density at radius 3 is 2.88 bits per heavy atom. The average molecular weight is 250 g/mol. The normalized spacial score (nSPS) is 27.8. The summed E-state index contributed by atoms with van der Waals surface area (Å²) in [6, 6.07) is 4.59. The number of rotatable bonds is 0. The van der Waals surface area contributed by atoms with Gasteiger partial charge in [-0.1, -0.05) is 17.9 Å². The van der Waals surface area contributed by atoms with Crippen LogP contribution in [0.4, 0.5) is 0 Å². The molecule has 0 aromatic heterocycles. The summed E-state index contributed by atoms with van der Waals surface area (Å²) >= 11 is 5.76. The van der Waals surface area contributed by atoms with E-state index in [1.807, 2.05) is 6.07 Å². The summed E-state index contributed by atoms with van der Waals surface area (Å²) in [7, 11) is 0. The van der Waals surface area contributed by atoms with Gasteiger partial charge < -0.3 is 5.11 Å². The SMILES string of the molecule is CP1(=S)CCC2=C1CCc1cc(O)ccc12. The van der Waals surface area contributed by atoms with Crippen LogP contribution in [0.25, 0.3) is 5.57 Å². The molecule has 84 valence electrons. The maximum Gasteiger partial charge on any atom is 0.115 e. The maximum absolute atomic E-state index is 9.50. The van der Waals surface area contributed by atoms with E-state index in [1.54, 1.807) is 11.4 Å². The molecule has 1 aromatic carbocycles. The molecule has 0 saturated carbocycles. The van der Waals surface area contributed by atoms with Crippen LogP contribution in [0.1, 0.15) is 24.0 Å². The molecular formula is C13H15OPS. The van der Waals surface area contributed by atoms with E-state index in [2.05, 4.69) is 12.7 Å². The molecule has 0 bridgehead atoms. The van der Waals surface area contributed by atoms with E-state index in [0.717, 1.165) is 19.3 Å². The molecule has 1 aliphatic heterocycles. The summed E-state index contributed by atoms with van der Waals surface area (Å²) in [5, 5.41) is 11.1. The van der Waals surface area contributed by atoms with E-state index in [9.17, 15) is 5.11 Å². The lowest BCUT2D eigenvalue weighted by atomic mass is 9.89. The third kappa shape index (κ3) is 1.48. The molecule has 0 fully saturated rings. The highest BCUT2D eigenvalue weighted by molar-refractivity contribution is 8.16. The molecule has 1 atom stereocenters. The van der Waals surface area contributed by atoms with Crippen LogP contribution in [-0.2, 0) is 18.2 Å². The molecule has 3 heteroatoms. The predicted molar refractivity (Wildman–Crippen MR) is 73.0 cm³/mol. The van der Waals surface area contributed by atoms with Gasteiger partial charge in [0.1, 0.15) is 5.75 Å². The molecular weight excluding hydrogens is 235 g/mol. The van der Waals surface area contributed by atoms with Crippen molar-refractivity contribution in [1.29, 1.82) is 0 Å². The van der Waals surface area contributed by atoms with Crippen LogP contribution in [0.3, 0.4) is 0 Å². The Bertz CT molecular complexity index is 545. The molecule has 1 unspecified atom stereocenters. The van der Waals surface area contributed by atoms with Gasteiger partial charge in [0.05, 0.1) is 0 Å². The zero-order chi connectivity index (χ0) is 11.3. The van der Waals surface area contributed by atoms with Crippen molar-refractivity contribution >= 4 is 23.4 Å². The summed E-state index contributed by atoms with van der Waals surface area (Å²) in [6.07, 6.45) is 4.53. The number of fused-ring (bicyclic) bond motifs is 2. The first-order chi connectivity index (χ1) is 7.58. The van der Waals surface area contributed by atoms with Crippen molar-refractivity contribution in [2.45, 2.75) is 19.3 Å². The Morgan fingerprint density at radius 2 is 2.06 bits per heavy atom. The summed E-state index contributed by atoms with van der Waals surface area (Å²) in [4.78, 5) is 0. The lowest BCUT2D eigenvalue weighted by molar-refractivity contribution is 0.474. The topological polar surface area (TPSA) is 20.2 Å². The smallest absolute Gasteiger partial charge is 0.115 e. The summed E-state index contributed by atoms with van der Waals surface area (Å²) < 4.78 is 0. The second-order valence-corrected chi connectivity index (χ2v) is 10.4. The minimum Gasteiger partial charge on any atom is -0.508 e. The number of allylic oxidation sites excluding steroid dienone is 2. The molecule has 1 aromatic rings. The first-order valence-corrected chi connectivity index (χ1v) is 9.13. The molecule has 1 heterocycles. The first-order valence-electron chi connectivity index (χ1n) is 5.69. The predicted octanol–water partition coefficient (Wildman–Crippen LogP) is 3.56. The van der Waals surface area contributed by atoms with Gasteiger partial charge in [0.2, 0.25) is 0 Å². The largest absolute Gasteiger partial charge is 0.508 e. The van der Waals surface area contributed by atoms with Gasteiger partial charge in [0.15, 0.2) is 0 Å². The van der Waals surface area contributed by atoms with Crippen LogP contribution in [0.2, 0.25) is 0 Å². The second-order valence-electron chi connectivity index (χ2n) is 4.84. The van der Waals surface area contributed by atoms with E-state index >= 15 is 0 Å². The summed E-state index contributed by atoms with van der Waals surface area (Å²) in [5.41, 5.74) is 4.16. The average Bonchev–Trinajstić information content (AvgIpc) is 2.54. The Balaban J connectivity index is 2.20. The summed E-state index contributed by atoms with van der Waals surface area (Å²) in [6.45, 7) is 2.29. The van der Waals surface area contributed by atoms with Crippen molar-refractivity contribution < 1.29 is 5.11 Å². The van der Waals surface area contributed by atoms with E-state index in [-0.39, 0.29) is 0 Å². The number of hydrogen-bond donors (Lipinski definition) is 1. The zero-order valence-electron chi connectivity index (χ0n) is 9.36. The quantitative estimate of drug-likeness (QED) is 0.710. The molecule has 3 rings (SSSR count). The van der Waals surface area contributed by atoms with Gasteiger partial charge in [-0.2, -0.15) is 0 Å². The standard InChI is InChI=1S/C13H15OPS/c1-15(16)7-6-12-11-4-3-10(14)8-9(11)2-5-13(12)15/h3-4,8,14H,2,5-7H2,1H3. The maximum atomic E-state index is 9.50. The minimum atomic E-state index is -1.19. The number of hydrogen-bond acceptors (Lipinski definition) is 2. The van der Waals surface area contributed by atoms with Crippen LogP contribution in [0.15, 0.2) is 23.5 Å². The number of phenolic OH excluding ortho intramolecular Hbond substituents is 1. The van der Waals surface area contributed by atoms with E-state index in [1.165, 1.54) is 22.9 Å². The zero-order valence-corrected chi connectivity index (χ0v) is 11.1. The Labute approximate surface area is 101 Å². The van der Waals surface area contributed by atoms with Gasteiger partial charge >= 0.3 is 0 Å². The number of aromatic hydroxyl groups is 1. The lowest BCUT2D eigenvalue weighted by Crippen LogP contribution is -2.01. The van der Waals surface area contributed by atoms with Crippen LogP contribution in [0, 0.1) is 0 Å². The fraction of sp³-hybridized carbons (Fsp3) is 0.385. The molecule has 0 spiro atoms. The molecule has 2 aliphatic rings. The molecule has 0 amide bonds. The van der Waals surface area contributed by atoms with Gasteiger partial charge in [-0.25, -0.2) is 0 Å². The van der Waals surface area contributed by atoms with Crippen molar-refractivity contribution in [3.8, 4) is 5.75 Å². The van der Waals surface area contributed by atoms with Crippen LogP contribution < -0.4 is 0 Å². The molecule has 0 radical (unpaired) electrons. The van der Waals surface area contributed by atoms with Crippen molar-refractivity contribution in [2.24, 2.45) is 0 Å². The van der Waals surface area contributed by atoms with Crippen molar-refractivity contribution in [3.63, 3.8) is 0 Å². The van der Waals surface area contributed by atoms with E-state index < -0.39 is 6.04 Å². The van der Waals surface area contributed by atoms with Gasteiger partial charge in [-0.15, -0.1) is 0 Å². The van der Waals surface area contributed by atoms with Crippen molar-refractivity contribution in [2.75, 3.05) is 12.8 Å². The second kappa shape index (κ2) is 3.45. The highest BCUT2D eigenvalue weighted by atomic mass is 32.4. The molecule has 1 N–H and O–H groups in total. The molecule has 0 saturated heterocycles. The Hall–Kier alpha value is -0.590. The van der Waals surface area contributed by atoms with E-state index in [4.69, 9.17) is 11.8 Å². The number of benzene rings is 1. The fourth-order valence-electron chi connectivity index (χ4n) is 2.90. The van der Waals surface area contributed by atoms with Gasteiger partial charge in [0, 0.05) is 0 Å². The van der Waals surface area contributed by atoms with Crippen LogP contribution >= 0.6 is 6.04 Å².